The molecule has 0 saturated heterocycles. The zero-order chi connectivity index (χ0) is 11.8. The standard InChI is InChI=1S/C12H22N2O/c1-5-6-14(4)12(15)8-11(9-13)7-10(2)3/h1,10-11H,6-9,13H2,2-4H3. The predicted octanol–water partition coefficient (Wildman–Crippen LogP) is 1.09. The van der Waals surface area contributed by atoms with E-state index in [0.717, 1.165) is 6.42 Å². The second-order valence-corrected chi connectivity index (χ2v) is 4.39. The summed E-state index contributed by atoms with van der Waals surface area (Å²) in [7, 11) is 1.73. The van der Waals surface area contributed by atoms with Gasteiger partial charge in [-0.1, -0.05) is 19.8 Å². The highest BCUT2D eigenvalue weighted by Crippen LogP contribution is 2.15. The summed E-state index contributed by atoms with van der Waals surface area (Å²) in [6.07, 6.45) is 6.64. The first kappa shape index (κ1) is 14.0. The van der Waals surface area contributed by atoms with Crippen molar-refractivity contribution >= 4 is 5.91 Å². The van der Waals surface area contributed by atoms with Gasteiger partial charge in [-0.2, -0.15) is 0 Å². The van der Waals surface area contributed by atoms with Gasteiger partial charge < -0.3 is 10.6 Å². The lowest BCUT2D eigenvalue weighted by Gasteiger charge is -2.20. The Balaban J connectivity index is 4.07. The highest BCUT2D eigenvalue weighted by atomic mass is 16.2. The third-order valence-corrected chi connectivity index (χ3v) is 2.36. The molecule has 0 bridgehead atoms. The van der Waals surface area contributed by atoms with Crippen molar-refractivity contribution in [1.82, 2.24) is 4.90 Å². The Morgan fingerprint density at radius 1 is 1.53 bits per heavy atom. The molecule has 1 amide bonds. The number of terminal acetylenes is 1. The molecule has 3 heteroatoms. The minimum absolute atomic E-state index is 0.0871. The summed E-state index contributed by atoms with van der Waals surface area (Å²) in [5.41, 5.74) is 5.63. The predicted molar refractivity (Wildman–Crippen MR) is 63.1 cm³/mol. The topological polar surface area (TPSA) is 46.3 Å². The van der Waals surface area contributed by atoms with Gasteiger partial charge in [0.05, 0.1) is 6.54 Å². The molecular formula is C12H22N2O. The van der Waals surface area contributed by atoms with Crippen molar-refractivity contribution in [2.24, 2.45) is 17.6 Å². The summed E-state index contributed by atoms with van der Waals surface area (Å²) < 4.78 is 0. The van der Waals surface area contributed by atoms with E-state index < -0.39 is 0 Å². The lowest BCUT2D eigenvalue weighted by Crippen LogP contribution is -2.31. The number of nitrogens with two attached hydrogens (primary N) is 1. The molecule has 0 aromatic heterocycles. The van der Waals surface area contributed by atoms with Gasteiger partial charge in [-0.05, 0) is 24.8 Å². The maximum absolute atomic E-state index is 11.7. The first-order chi connectivity index (χ1) is 7.01. The molecule has 86 valence electrons. The van der Waals surface area contributed by atoms with Gasteiger partial charge in [-0.3, -0.25) is 4.79 Å². The van der Waals surface area contributed by atoms with Crippen LogP contribution in [0.25, 0.3) is 0 Å². The average molecular weight is 210 g/mol. The second kappa shape index (κ2) is 7.30. The van der Waals surface area contributed by atoms with Crippen molar-refractivity contribution in [2.45, 2.75) is 26.7 Å². The Bertz CT molecular complexity index is 230. The Morgan fingerprint density at radius 2 is 2.13 bits per heavy atom. The SMILES string of the molecule is C#CCN(C)C(=O)CC(CN)CC(C)C. The van der Waals surface area contributed by atoms with Crippen LogP contribution in [-0.4, -0.2) is 30.9 Å². The van der Waals surface area contributed by atoms with Crippen LogP contribution in [0.1, 0.15) is 26.7 Å². The molecule has 0 aromatic rings. The normalized spacial score (nSPS) is 12.3. The van der Waals surface area contributed by atoms with E-state index >= 15 is 0 Å². The highest BCUT2D eigenvalue weighted by molar-refractivity contribution is 5.76. The van der Waals surface area contributed by atoms with Gasteiger partial charge in [-0.25, -0.2) is 0 Å². The quantitative estimate of drug-likeness (QED) is 0.667. The van der Waals surface area contributed by atoms with E-state index in [0.29, 0.717) is 25.4 Å². The summed E-state index contributed by atoms with van der Waals surface area (Å²) in [4.78, 5) is 13.2. The smallest absolute Gasteiger partial charge is 0.223 e. The zero-order valence-electron chi connectivity index (χ0n) is 9.99. The summed E-state index contributed by atoms with van der Waals surface area (Å²) in [5.74, 6) is 3.39. The number of hydrogen-bond donors (Lipinski definition) is 1. The molecular weight excluding hydrogens is 188 g/mol. The van der Waals surface area contributed by atoms with Crippen LogP contribution < -0.4 is 5.73 Å². The van der Waals surface area contributed by atoms with Crippen molar-refractivity contribution in [1.29, 1.82) is 0 Å². The molecule has 0 saturated carbocycles. The molecule has 0 aliphatic rings. The highest BCUT2D eigenvalue weighted by Gasteiger charge is 2.16. The van der Waals surface area contributed by atoms with E-state index in [-0.39, 0.29) is 11.8 Å². The van der Waals surface area contributed by atoms with Crippen molar-refractivity contribution in [3.8, 4) is 12.3 Å². The maximum atomic E-state index is 11.7. The van der Waals surface area contributed by atoms with Crippen LogP contribution >= 0.6 is 0 Å². The molecule has 3 nitrogen and oxygen atoms in total. The largest absolute Gasteiger partial charge is 0.335 e. The molecule has 1 atom stereocenters. The van der Waals surface area contributed by atoms with Crippen LogP contribution in [0.5, 0.6) is 0 Å². The third-order valence-electron chi connectivity index (χ3n) is 2.36. The van der Waals surface area contributed by atoms with E-state index in [2.05, 4.69) is 19.8 Å². The maximum Gasteiger partial charge on any atom is 0.223 e. The summed E-state index contributed by atoms with van der Waals surface area (Å²) in [6.45, 7) is 5.21. The monoisotopic (exact) mass is 210 g/mol. The van der Waals surface area contributed by atoms with Gasteiger partial charge >= 0.3 is 0 Å². The van der Waals surface area contributed by atoms with Crippen molar-refractivity contribution in [3.63, 3.8) is 0 Å². The van der Waals surface area contributed by atoms with Gasteiger partial charge in [-0.15, -0.1) is 6.42 Å². The first-order valence-electron chi connectivity index (χ1n) is 5.38. The molecule has 0 spiro atoms. The number of nitrogens with zero attached hydrogens (tertiary/aromatic N) is 1. The zero-order valence-corrected chi connectivity index (χ0v) is 9.99. The van der Waals surface area contributed by atoms with Crippen LogP contribution in [-0.2, 0) is 4.79 Å². The molecule has 0 aliphatic heterocycles. The van der Waals surface area contributed by atoms with E-state index in [1.54, 1.807) is 11.9 Å². The van der Waals surface area contributed by atoms with Crippen molar-refractivity contribution in [2.75, 3.05) is 20.1 Å². The Labute approximate surface area is 93.0 Å². The molecule has 0 aliphatic carbocycles. The average Bonchev–Trinajstić information content (AvgIpc) is 2.16. The number of amides is 1. The number of carbonyl (C=O) groups is 1. The Hall–Kier alpha value is -1.01. The molecule has 0 fully saturated rings. The Morgan fingerprint density at radius 3 is 2.53 bits per heavy atom. The van der Waals surface area contributed by atoms with E-state index in [1.807, 2.05) is 0 Å². The fraction of sp³-hybridized carbons (Fsp3) is 0.750. The molecule has 0 radical (unpaired) electrons. The molecule has 1 unspecified atom stereocenters. The second-order valence-electron chi connectivity index (χ2n) is 4.39. The van der Waals surface area contributed by atoms with E-state index in [9.17, 15) is 4.79 Å². The van der Waals surface area contributed by atoms with Gasteiger partial charge in [0.15, 0.2) is 0 Å². The number of carbonyl (C=O) groups excluding carboxylic acids is 1. The van der Waals surface area contributed by atoms with Crippen LogP contribution in [0.15, 0.2) is 0 Å². The molecule has 2 N–H and O–H groups in total. The fourth-order valence-corrected chi connectivity index (χ4v) is 1.56. The van der Waals surface area contributed by atoms with Crippen molar-refractivity contribution in [3.05, 3.63) is 0 Å². The minimum atomic E-state index is 0.0871. The van der Waals surface area contributed by atoms with Crippen LogP contribution in [0.4, 0.5) is 0 Å². The van der Waals surface area contributed by atoms with Crippen LogP contribution in [0, 0.1) is 24.2 Å². The Kier molecular flexibility index (Phi) is 6.81. The molecule has 0 heterocycles. The van der Waals surface area contributed by atoms with Gasteiger partial charge in [0, 0.05) is 13.5 Å². The van der Waals surface area contributed by atoms with Gasteiger partial charge in [0.25, 0.3) is 0 Å². The lowest BCUT2D eigenvalue weighted by atomic mass is 9.94. The molecule has 0 rings (SSSR count). The fourth-order valence-electron chi connectivity index (χ4n) is 1.56. The molecule has 15 heavy (non-hydrogen) atoms. The third kappa shape index (κ3) is 6.14. The number of rotatable bonds is 6. The van der Waals surface area contributed by atoms with E-state index in [1.165, 1.54) is 0 Å². The van der Waals surface area contributed by atoms with Crippen LogP contribution in [0.3, 0.4) is 0 Å². The van der Waals surface area contributed by atoms with Crippen molar-refractivity contribution < 1.29 is 4.79 Å². The first-order valence-corrected chi connectivity index (χ1v) is 5.38. The molecule has 0 aromatic carbocycles. The lowest BCUT2D eigenvalue weighted by molar-refractivity contribution is -0.130. The van der Waals surface area contributed by atoms with E-state index in [4.69, 9.17) is 12.2 Å². The summed E-state index contributed by atoms with van der Waals surface area (Å²) in [5, 5.41) is 0. The minimum Gasteiger partial charge on any atom is -0.335 e. The van der Waals surface area contributed by atoms with Gasteiger partial charge in [0.1, 0.15) is 0 Å². The summed E-state index contributed by atoms with van der Waals surface area (Å²) >= 11 is 0. The van der Waals surface area contributed by atoms with Gasteiger partial charge in [0.2, 0.25) is 5.91 Å². The summed E-state index contributed by atoms with van der Waals surface area (Å²) in [6, 6.07) is 0. The number of hydrogen-bond acceptors (Lipinski definition) is 2. The van der Waals surface area contributed by atoms with Crippen LogP contribution in [0.2, 0.25) is 0 Å².